The van der Waals surface area contributed by atoms with Gasteiger partial charge in [-0.3, -0.25) is 14.8 Å². The van der Waals surface area contributed by atoms with Crippen LogP contribution in [-0.4, -0.2) is 29.1 Å². The Hall–Kier alpha value is -3.15. The van der Waals surface area contributed by atoms with Crippen LogP contribution in [0.4, 0.5) is 5.69 Å². The molecule has 2 heterocycles. The summed E-state index contributed by atoms with van der Waals surface area (Å²) in [5.41, 5.74) is 2.37. The van der Waals surface area contributed by atoms with E-state index in [1.165, 1.54) is 0 Å². The Morgan fingerprint density at radius 2 is 1.83 bits per heavy atom. The quantitative estimate of drug-likeness (QED) is 0.788. The van der Waals surface area contributed by atoms with Gasteiger partial charge in [0.05, 0.1) is 11.1 Å². The third-order valence-electron chi connectivity index (χ3n) is 3.54. The number of amides is 1. The van der Waals surface area contributed by atoms with Gasteiger partial charge in [-0.1, -0.05) is 6.07 Å². The fourth-order valence-electron chi connectivity index (χ4n) is 2.50. The lowest BCUT2D eigenvalue weighted by Crippen LogP contribution is -2.16. The molecule has 0 radical (unpaired) electrons. The molecule has 2 aromatic carbocycles. The van der Waals surface area contributed by atoms with Crippen LogP contribution >= 0.6 is 0 Å². The van der Waals surface area contributed by atoms with Crippen molar-refractivity contribution in [3.05, 3.63) is 54.4 Å². The van der Waals surface area contributed by atoms with Crippen LogP contribution in [0.5, 0.6) is 11.5 Å². The number of ether oxygens (including phenoxy) is 2. The van der Waals surface area contributed by atoms with Crippen molar-refractivity contribution in [2.75, 3.05) is 18.5 Å². The number of rotatable bonds is 2. The summed E-state index contributed by atoms with van der Waals surface area (Å²) in [6, 6.07) is 10.7. The molecule has 114 valence electrons. The third-order valence-corrected chi connectivity index (χ3v) is 3.54. The molecule has 6 heteroatoms. The minimum absolute atomic E-state index is 0.243. The highest BCUT2D eigenvalue weighted by Gasteiger charge is 2.15. The maximum Gasteiger partial charge on any atom is 0.257 e. The van der Waals surface area contributed by atoms with Crippen molar-refractivity contribution in [1.29, 1.82) is 0 Å². The van der Waals surface area contributed by atoms with Gasteiger partial charge in [-0.15, -0.1) is 0 Å². The van der Waals surface area contributed by atoms with Crippen molar-refractivity contribution < 1.29 is 14.3 Å². The molecular formula is C17H13N3O3. The highest BCUT2D eigenvalue weighted by atomic mass is 16.6. The number of anilines is 1. The highest BCUT2D eigenvalue weighted by Crippen LogP contribution is 2.32. The van der Waals surface area contributed by atoms with E-state index in [-0.39, 0.29) is 5.91 Å². The molecule has 4 rings (SSSR count). The van der Waals surface area contributed by atoms with E-state index < -0.39 is 0 Å². The predicted molar refractivity (Wildman–Crippen MR) is 84.9 cm³/mol. The molecule has 0 saturated carbocycles. The second kappa shape index (κ2) is 5.57. The summed E-state index contributed by atoms with van der Waals surface area (Å²) in [6.45, 7) is 1.04. The number of nitrogens with one attached hydrogen (secondary N) is 1. The van der Waals surface area contributed by atoms with Crippen molar-refractivity contribution >= 4 is 22.6 Å². The normalized spacial score (nSPS) is 12.9. The van der Waals surface area contributed by atoms with Crippen LogP contribution in [0.25, 0.3) is 11.0 Å². The molecule has 0 aliphatic carbocycles. The van der Waals surface area contributed by atoms with Gasteiger partial charge in [-0.05, 0) is 24.3 Å². The Labute approximate surface area is 132 Å². The summed E-state index contributed by atoms with van der Waals surface area (Å²) in [7, 11) is 0. The van der Waals surface area contributed by atoms with Crippen molar-refractivity contribution in [1.82, 2.24) is 9.97 Å². The van der Waals surface area contributed by atoms with Gasteiger partial charge in [0.2, 0.25) is 0 Å². The average Bonchev–Trinajstić information content (AvgIpc) is 2.61. The van der Waals surface area contributed by atoms with Crippen LogP contribution in [0.2, 0.25) is 0 Å². The Balaban J connectivity index is 1.64. The number of para-hydroxylation sites is 1. The number of carbonyl (C=O) groups is 1. The SMILES string of the molecule is O=C(Nc1ccc2c(c1)OCCO2)c1cccc2nccnc12. The molecule has 1 aliphatic heterocycles. The number of nitrogens with zero attached hydrogens (tertiary/aromatic N) is 2. The molecular weight excluding hydrogens is 294 g/mol. The van der Waals surface area contributed by atoms with Crippen LogP contribution < -0.4 is 14.8 Å². The molecule has 6 nitrogen and oxygen atoms in total. The minimum Gasteiger partial charge on any atom is -0.486 e. The first-order chi connectivity index (χ1) is 11.3. The van der Waals surface area contributed by atoms with Gasteiger partial charge in [0.25, 0.3) is 5.91 Å². The Kier molecular flexibility index (Phi) is 3.27. The molecule has 23 heavy (non-hydrogen) atoms. The lowest BCUT2D eigenvalue weighted by molar-refractivity contribution is 0.102. The average molecular weight is 307 g/mol. The second-order valence-corrected chi connectivity index (χ2v) is 5.04. The van der Waals surface area contributed by atoms with E-state index in [1.807, 2.05) is 6.07 Å². The zero-order valence-electron chi connectivity index (χ0n) is 12.2. The summed E-state index contributed by atoms with van der Waals surface area (Å²) in [6.07, 6.45) is 3.17. The second-order valence-electron chi connectivity index (χ2n) is 5.04. The summed E-state index contributed by atoms with van der Waals surface area (Å²) in [5.74, 6) is 1.07. The van der Waals surface area contributed by atoms with Crippen LogP contribution in [0, 0.1) is 0 Å². The van der Waals surface area contributed by atoms with Gasteiger partial charge in [0.15, 0.2) is 11.5 Å². The fraction of sp³-hybridized carbons (Fsp3) is 0.118. The molecule has 0 saturated heterocycles. The fourth-order valence-corrected chi connectivity index (χ4v) is 2.50. The van der Waals surface area contributed by atoms with Crippen molar-refractivity contribution in [3.63, 3.8) is 0 Å². The number of fused-ring (bicyclic) bond motifs is 2. The third kappa shape index (κ3) is 2.55. The van der Waals surface area contributed by atoms with E-state index in [0.717, 1.165) is 0 Å². The molecule has 1 aromatic heterocycles. The number of benzene rings is 2. The maximum absolute atomic E-state index is 12.5. The molecule has 0 fully saturated rings. The van der Waals surface area contributed by atoms with Crippen molar-refractivity contribution in [2.45, 2.75) is 0 Å². The van der Waals surface area contributed by atoms with E-state index in [1.54, 1.807) is 42.7 Å². The molecule has 0 bridgehead atoms. The lowest BCUT2D eigenvalue weighted by atomic mass is 10.1. The smallest absolute Gasteiger partial charge is 0.257 e. The van der Waals surface area contributed by atoms with E-state index in [0.29, 0.717) is 47.0 Å². The Bertz CT molecular complexity index is 890. The van der Waals surface area contributed by atoms with Crippen LogP contribution in [0.3, 0.4) is 0 Å². The molecule has 0 spiro atoms. The maximum atomic E-state index is 12.5. The Morgan fingerprint density at radius 3 is 2.74 bits per heavy atom. The minimum atomic E-state index is -0.243. The van der Waals surface area contributed by atoms with Crippen LogP contribution in [0.15, 0.2) is 48.8 Å². The first-order valence-electron chi connectivity index (χ1n) is 7.22. The molecule has 0 atom stereocenters. The monoisotopic (exact) mass is 307 g/mol. The first-order valence-corrected chi connectivity index (χ1v) is 7.22. The number of hydrogen-bond acceptors (Lipinski definition) is 5. The molecule has 0 unspecified atom stereocenters. The molecule has 1 aliphatic rings. The van der Waals surface area contributed by atoms with E-state index in [2.05, 4.69) is 15.3 Å². The van der Waals surface area contributed by atoms with Gasteiger partial charge in [0.1, 0.15) is 18.7 Å². The van der Waals surface area contributed by atoms with E-state index in [4.69, 9.17) is 9.47 Å². The van der Waals surface area contributed by atoms with Crippen molar-refractivity contribution in [2.24, 2.45) is 0 Å². The summed E-state index contributed by atoms with van der Waals surface area (Å²) < 4.78 is 11.0. The molecule has 1 N–H and O–H groups in total. The predicted octanol–water partition coefficient (Wildman–Crippen LogP) is 2.65. The number of aromatic nitrogens is 2. The van der Waals surface area contributed by atoms with Gasteiger partial charge in [0, 0.05) is 24.1 Å². The summed E-state index contributed by atoms with van der Waals surface area (Å²) in [4.78, 5) is 21.0. The number of carbonyl (C=O) groups excluding carboxylic acids is 1. The zero-order valence-corrected chi connectivity index (χ0v) is 12.2. The highest BCUT2D eigenvalue weighted by molar-refractivity contribution is 6.11. The molecule has 1 amide bonds. The van der Waals surface area contributed by atoms with Gasteiger partial charge < -0.3 is 14.8 Å². The number of hydrogen-bond donors (Lipinski definition) is 1. The summed E-state index contributed by atoms with van der Waals surface area (Å²) >= 11 is 0. The van der Waals surface area contributed by atoms with Gasteiger partial charge in [-0.2, -0.15) is 0 Å². The van der Waals surface area contributed by atoms with E-state index in [9.17, 15) is 4.79 Å². The topological polar surface area (TPSA) is 73.3 Å². The van der Waals surface area contributed by atoms with Crippen LogP contribution in [-0.2, 0) is 0 Å². The van der Waals surface area contributed by atoms with Gasteiger partial charge >= 0.3 is 0 Å². The van der Waals surface area contributed by atoms with Crippen molar-refractivity contribution in [3.8, 4) is 11.5 Å². The largest absolute Gasteiger partial charge is 0.486 e. The Morgan fingerprint density at radius 1 is 1.00 bits per heavy atom. The standard InChI is InChI=1S/C17H13N3O3/c21-17(12-2-1-3-13-16(12)19-7-6-18-13)20-11-4-5-14-15(10-11)23-9-8-22-14/h1-7,10H,8-9H2,(H,20,21). The van der Waals surface area contributed by atoms with Crippen LogP contribution in [0.1, 0.15) is 10.4 Å². The van der Waals surface area contributed by atoms with Gasteiger partial charge in [-0.25, -0.2) is 0 Å². The summed E-state index contributed by atoms with van der Waals surface area (Å²) in [5, 5.41) is 2.86. The lowest BCUT2D eigenvalue weighted by Gasteiger charge is -2.19. The first kappa shape index (κ1) is 13.5. The van der Waals surface area contributed by atoms with E-state index >= 15 is 0 Å². The zero-order chi connectivity index (χ0) is 15.6. The molecule has 3 aromatic rings.